The third-order valence-corrected chi connectivity index (χ3v) is 6.30. The number of ether oxygens (including phenoxy) is 1. The Hall–Kier alpha value is -4.18. The van der Waals surface area contributed by atoms with Gasteiger partial charge in [-0.3, -0.25) is 9.48 Å². The Bertz CT molecular complexity index is 1420. The smallest absolute Gasteiger partial charge is 0.246 e. The summed E-state index contributed by atoms with van der Waals surface area (Å²) in [5, 5.41) is 11.3. The number of halogens is 1. The third kappa shape index (κ3) is 5.08. The maximum atomic E-state index is 11.9. The number of amides is 1. The topological polar surface area (TPSA) is 110 Å². The number of fused-ring (bicyclic) bond motifs is 1. The SMILES string of the molecule is C=CC(=O)N1CCC(Nc2ccc3ncnc(Nc4ccc(OCc5ccnn5C)c(Cl)c4)c3n2)C1. The largest absolute Gasteiger partial charge is 0.486 e. The van der Waals surface area contributed by atoms with Crippen LogP contribution in [0.15, 0.2) is 61.6 Å². The zero-order valence-corrected chi connectivity index (χ0v) is 20.4. The number of hydrogen-bond acceptors (Lipinski definition) is 8. The fourth-order valence-corrected chi connectivity index (χ4v) is 4.29. The van der Waals surface area contributed by atoms with Crippen LogP contribution in [0.5, 0.6) is 5.75 Å². The van der Waals surface area contributed by atoms with Crippen molar-refractivity contribution in [1.82, 2.24) is 29.6 Å². The van der Waals surface area contributed by atoms with Crippen LogP contribution in [0, 0.1) is 0 Å². The van der Waals surface area contributed by atoms with E-state index in [4.69, 9.17) is 21.3 Å². The molecule has 1 atom stereocenters. The first-order valence-corrected chi connectivity index (χ1v) is 11.8. The van der Waals surface area contributed by atoms with E-state index in [0.717, 1.165) is 17.8 Å². The Morgan fingerprint density at radius 2 is 2.17 bits per heavy atom. The zero-order chi connectivity index (χ0) is 25.1. The molecule has 184 valence electrons. The fourth-order valence-electron chi connectivity index (χ4n) is 4.06. The molecule has 36 heavy (non-hydrogen) atoms. The normalized spacial score (nSPS) is 15.2. The maximum Gasteiger partial charge on any atom is 0.246 e. The molecule has 1 aliphatic heterocycles. The van der Waals surface area contributed by atoms with Gasteiger partial charge in [0.2, 0.25) is 5.91 Å². The number of rotatable bonds is 8. The van der Waals surface area contributed by atoms with Crippen molar-refractivity contribution in [2.24, 2.45) is 7.05 Å². The molecule has 10 nitrogen and oxygen atoms in total. The standard InChI is InChI=1S/C25H25ClN8O2/c1-3-23(35)34-11-9-17(13-34)30-22-7-5-20-24(32-22)25(28-15-27-20)31-16-4-6-21(19(26)12-16)36-14-18-8-10-29-33(18)2/h3-8,10,12,15,17H,1,9,11,13-14H2,2H3,(H,30,32)(H,27,28,31). The van der Waals surface area contributed by atoms with Gasteiger partial charge in [-0.15, -0.1) is 0 Å². The van der Waals surface area contributed by atoms with Crippen molar-refractivity contribution in [3.8, 4) is 5.75 Å². The van der Waals surface area contributed by atoms with Crippen LogP contribution in [0.2, 0.25) is 5.02 Å². The molecular formula is C25H25ClN8O2. The maximum absolute atomic E-state index is 11.9. The summed E-state index contributed by atoms with van der Waals surface area (Å²) in [6, 6.07) is 11.2. The average molecular weight is 505 g/mol. The lowest BCUT2D eigenvalue weighted by molar-refractivity contribution is -0.125. The number of anilines is 3. The molecule has 0 radical (unpaired) electrons. The van der Waals surface area contributed by atoms with E-state index in [1.807, 2.05) is 31.3 Å². The summed E-state index contributed by atoms with van der Waals surface area (Å²) in [4.78, 5) is 27.1. The van der Waals surface area contributed by atoms with E-state index >= 15 is 0 Å². The molecular weight excluding hydrogens is 480 g/mol. The lowest BCUT2D eigenvalue weighted by Crippen LogP contribution is -2.30. The van der Waals surface area contributed by atoms with Crippen molar-refractivity contribution in [2.45, 2.75) is 19.1 Å². The van der Waals surface area contributed by atoms with Crippen molar-refractivity contribution in [1.29, 1.82) is 0 Å². The molecule has 3 aromatic heterocycles. The molecule has 1 aliphatic rings. The highest BCUT2D eigenvalue weighted by Crippen LogP contribution is 2.31. The van der Waals surface area contributed by atoms with Crippen molar-refractivity contribution >= 4 is 45.9 Å². The number of aryl methyl sites for hydroxylation is 1. The first kappa shape index (κ1) is 23.6. The van der Waals surface area contributed by atoms with Gasteiger partial charge in [-0.25, -0.2) is 15.0 Å². The van der Waals surface area contributed by atoms with Crippen LogP contribution in [0.3, 0.4) is 0 Å². The van der Waals surface area contributed by atoms with Gasteiger partial charge in [-0.05, 0) is 48.9 Å². The van der Waals surface area contributed by atoms with Gasteiger partial charge >= 0.3 is 0 Å². The number of nitrogens with one attached hydrogen (secondary N) is 2. The van der Waals surface area contributed by atoms with Gasteiger partial charge in [0, 0.05) is 38.1 Å². The minimum atomic E-state index is -0.0577. The van der Waals surface area contributed by atoms with E-state index in [0.29, 0.717) is 53.1 Å². The molecule has 2 N–H and O–H groups in total. The molecule has 0 spiro atoms. The van der Waals surface area contributed by atoms with Gasteiger partial charge in [-0.1, -0.05) is 18.2 Å². The Morgan fingerprint density at radius 1 is 1.28 bits per heavy atom. The van der Waals surface area contributed by atoms with Crippen molar-refractivity contribution < 1.29 is 9.53 Å². The van der Waals surface area contributed by atoms with Crippen molar-refractivity contribution in [3.05, 3.63) is 72.3 Å². The molecule has 0 saturated carbocycles. The predicted molar refractivity (Wildman–Crippen MR) is 138 cm³/mol. The Morgan fingerprint density at radius 3 is 2.94 bits per heavy atom. The number of benzene rings is 1. The van der Waals surface area contributed by atoms with Crippen LogP contribution < -0.4 is 15.4 Å². The molecule has 4 aromatic rings. The quantitative estimate of drug-likeness (QED) is 0.347. The van der Waals surface area contributed by atoms with Crippen molar-refractivity contribution in [2.75, 3.05) is 23.7 Å². The van der Waals surface area contributed by atoms with Gasteiger partial charge in [0.25, 0.3) is 0 Å². The van der Waals surface area contributed by atoms with Gasteiger partial charge in [-0.2, -0.15) is 5.10 Å². The molecule has 0 aliphatic carbocycles. The Kier molecular flexibility index (Phi) is 6.68. The summed E-state index contributed by atoms with van der Waals surface area (Å²) in [6.45, 7) is 5.22. The van der Waals surface area contributed by atoms with E-state index in [9.17, 15) is 4.79 Å². The van der Waals surface area contributed by atoms with Crippen LogP contribution in [0.25, 0.3) is 11.0 Å². The fraction of sp³-hybridized carbons (Fsp3) is 0.240. The summed E-state index contributed by atoms with van der Waals surface area (Å²) in [6.07, 6.45) is 5.39. The van der Waals surface area contributed by atoms with Crippen LogP contribution >= 0.6 is 11.6 Å². The van der Waals surface area contributed by atoms with Gasteiger partial charge in [0.15, 0.2) is 5.82 Å². The molecule has 1 amide bonds. The zero-order valence-electron chi connectivity index (χ0n) is 19.7. The van der Waals surface area contributed by atoms with Gasteiger partial charge < -0.3 is 20.3 Å². The summed E-state index contributed by atoms with van der Waals surface area (Å²) in [5.41, 5.74) is 3.00. The van der Waals surface area contributed by atoms with E-state index in [1.165, 1.54) is 12.4 Å². The Balaban J connectivity index is 1.30. The van der Waals surface area contributed by atoms with Crippen LogP contribution in [0.1, 0.15) is 12.1 Å². The second kappa shape index (κ2) is 10.2. The number of carbonyl (C=O) groups is 1. The first-order valence-electron chi connectivity index (χ1n) is 11.5. The highest BCUT2D eigenvalue weighted by atomic mass is 35.5. The molecule has 1 aromatic carbocycles. The molecule has 4 heterocycles. The molecule has 1 saturated heterocycles. The molecule has 0 bridgehead atoms. The Labute approximate surface area is 213 Å². The van der Waals surface area contributed by atoms with E-state index in [2.05, 4.69) is 32.3 Å². The minimum Gasteiger partial charge on any atom is -0.486 e. The first-order chi connectivity index (χ1) is 17.5. The summed E-state index contributed by atoms with van der Waals surface area (Å²) in [5.74, 6) is 1.76. The van der Waals surface area contributed by atoms with E-state index in [-0.39, 0.29) is 11.9 Å². The molecule has 11 heteroatoms. The average Bonchev–Trinajstić information content (AvgIpc) is 3.52. The summed E-state index contributed by atoms with van der Waals surface area (Å²) >= 11 is 6.48. The number of carbonyl (C=O) groups excluding carboxylic acids is 1. The second-order valence-corrected chi connectivity index (χ2v) is 8.82. The van der Waals surface area contributed by atoms with Crippen LogP contribution in [0.4, 0.5) is 17.3 Å². The summed E-state index contributed by atoms with van der Waals surface area (Å²) < 4.78 is 7.60. The van der Waals surface area contributed by atoms with E-state index < -0.39 is 0 Å². The molecule has 1 fully saturated rings. The summed E-state index contributed by atoms with van der Waals surface area (Å²) in [7, 11) is 1.86. The van der Waals surface area contributed by atoms with Crippen molar-refractivity contribution in [3.63, 3.8) is 0 Å². The van der Waals surface area contributed by atoms with Gasteiger partial charge in [0.05, 0.1) is 16.2 Å². The van der Waals surface area contributed by atoms with Gasteiger partial charge in [0.1, 0.15) is 30.0 Å². The lowest BCUT2D eigenvalue weighted by Gasteiger charge is -2.16. The second-order valence-electron chi connectivity index (χ2n) is 8.41. The number of aromatic nitrogens is 5. The monoisotopic (exact) mass is 504 g/mol. The highest BCUT2D eigenvalue weighted by molar-refractivity contribution is 6.32. The number of likely N-dealkylation sites (tertiary alicyclic amines) is 1. The predicted octanol–water partition coefficient (Wildman–Crippen LogP) is 3.93. The third-order valence-electron chi connectivity index (χ3n) is 6.00. The van der Waals surface area contributed by atoms with E-state index in [1.54, 1.807) is 27.9 Å². The minimum absolute atomic E-state index is 0.0577. The molecule has 5 rings (SSSR count). The lowest BCUT2D eigenvalue weighted by atomic mass is 10.2. The number of pyridine rings is 1. The number of nitrogens with zero attached hydrogens (tertiary/aromatic N) is 6. The molecule has 1 unspecified atom stereocenters. The van der Waals surface area contributed by atoms with Crippen LogP contribution in [-0.4, -0.2) is 54.7 Å². The highest BCUT2D eigenvalue weighted by Gasteiger charge is 2.25. The number of hydrogen-bond donors (Lipinski definition) is 2. The van der Waals surface area contributed by atoms with Crippen LogP contribution in [-0.2, 0) is 18.4 Å².